The van der Waals surface area contributed by atoms with E-state index in [2.05, 4.69) is 4.98 Å². The van der Waals surface area contributed by atoms with Gasteiger partial charge in [0.1, 0.15) is 10.6 Å². The zero-order valence-electron chi connectivity index (χ0n) is 22.3. The summed E-state index contributed by atoms with van der Waals surface area (Å²) in [6, 6.07) is 7.30. The van der Waals surface area contributed by atoms with Crippen molar-refractivity contribution in [3.63, 3.8) is 0 Å². The predicted octanol–water partition coefficient (Wildman–Crippen LogP) is 6.29. The van der Waals surface area contributed by atoms with E-state index in [1.54, 1.807) is 16.7 Å². The molecular weight excluding hydrogens is 622 g/mol. The Morgan fingerprint density at radius 2 is 1.61 bits per heavy atom. The van der Waals surface area contributed by atoms with Crippen LogP contribution in [-0.4, -0.2) is 53.5 Å². The fraction of sp³-hybridized carbons (Fsp3) is 0.310. The van der Waals surface area contributed by atoms with E-state index in [1.165, 1.54) is 23.5 Å². The van der Waals surface area contributed by atoms with Crippen LogP contribution < -0.4 is 0 Å². The molecule has 0 saturated carbocycles. The first-order chi connectivity index (χ1) is 20.5. The normalized spacial score (nSPS) is 20.9. The van der Waals surface area contributed by atoms with Crippen LogP contribution in [0.25, 0.3) is 5.52 Å². The maximum atomic E-state index is 15.0. The second-order valence-electron chi connectivity index (χ2n) is 10.8. The zero-order valence-corrected chi connectivity index (χ0v) is 23.1. The van der Waals surface area contributed by atoms with Gasteiger partial charge in [-0.05, 0) is 66.8 Å². The molecule has 2 aromatic heterocycles. The number of carbonyl (C=O) groups is 1. The molecule has 15 heteroatoms. The van der Waals surface area contributed by atoms with Crippen LogP contribution in [0.15, 0.2) is 78.2 Å². The number of rotatable bonds is 4. The van der Waals surface area contributed by atoms with Crippen molar-refractivity contribution in [3.8, 4) is 0 Å². The van der Waals surface area contributed by atoms with E-state index in [0.29, 0.717) is 17.6 Å². The topological polar surface area (TPSA) is 71.8 Å². The Hall–Kier alpha value is -4.01. The standard InChI is InChI=1S/C29H21F8N3O3S/c30-20-4-7-22(8-5-20)44(42,43)26-11-12-40(25(41)18-1-6-21-14-38-16-39(21)15-18)24(26)10-2-17-13-19(3-9-23(17)26)27(31,28(32,33)34)29(35,36)37/h1,3-9,13-16,24H,2,10-12H2/t24-,26-/m0/s1. The third kappa shape index (κ3) is 4.14. The Labute approximate surface area is 244 Å². The highest BCUT2D eigenvalue weighted by Gasteiger charge is 2.73. The van der Waals surface area contributed by atoms with Gasteiger partial charge in [-0.3, -0.25) is 4.79 Å². The number of fused-ring (bicyclic) bond motifs is 4. The molecule has 4 aromatic rings. The van der Waals surface area contributed by atoms with Crippen molar-refractivity contribution >= 4 is 21.3 Å². The molecule has 2 atom stereocenters. The molecule has 0 N–H and O–H groups in total. The Morgan fingerprint density at radius 1 is 0.932 bits per heavy atom. The second kappa shape index (κ2) is 9.74. The van der Waals surface area contributed by atoms with E-state index in [1.807, 2.05) is 0 Å². The lowest BCUT2D eigenvalue weighted by molar-refractivity contribution is -0.348. The molecule has 1 fully saturated rings. The van der Waals surface area contributed by atoms with Crippen LogP contribution in [0.2, 0.25) is 0 Å². The predicted molar refractivity (Wildman–Crippen MR) is 140 cm³/mol. The van der Waals surface area contributed by atoms with E-state index in [4.69, 9.17) is 0 Å². The number of alkyl halides is 7. The summed E-state index contributed by atoms with van der Waals surface area (Å²) in [6.07, 6.45) is -8.90. The van der Waals surface area contributed by atoms with Crippen LogP contribution in [-0.2, 0) is 26.7 Å². The second-order valence-corrected chi connectivity index (χ2v) is 13.0. The maximum absolute atomic E-state index is 15.0. The molecule has 0 spiro atoms. The lowest BCUT2D eigenvalue weighted by atomic mass is 9.76. The molecule has 6 nitrogen and oxygen atoms in total. The molecule has 0 radical (unpaired) electrons. The van der Waals surface area contributed by atoms with Gasteiger partial charge in [0.05, 0.1) is 34.5 Å². The van der Waals surface area contributed by atoms with Gasteiger partial charge in [0.25, 0.3) is 5.91 Å². The fourth-order valence-electron chi connectivity index (χ4n) is 6.51. The highest BCUT2D eigenvalue weighted by Crippen LogP contribution is 2.56. The average Bonchev–Trinajstić information content (AvgIpc) is 3.60. The number of hydrogen-bond donors (Lipinski definition) is 0. The third-order valence-corrected chi connectivity index (χ3v) is 11.1. The average molecular weight is 644 g/mol. The number of likely N-dealkylation sites (tertiary alicyclic amines) is 1. The van der Waals surface area contributed by atoms with Crippen molar-refractivity contribution in [1.82, 2.24) is 14.3 Å². The van der Waals surface area contributed by atoms with Gasteiger partial charge in [-0.15, -0.1) is 0 Å². The summed E-state index contributed by atoms with van der Waals surface area (Å²) in [5.41, 5.74) is -6.95. The number of pyridine rings is 1. The number of aromatic nitrogens is 2. The van der Waals surface area contributed by atoms with E-state index in [0.717, 1.165) is 30.3 Å². The van der Waals surface area contributed by atoms with Crippen LogP contribution in [0.1, 0.15) is 39.9 Å². The Bertz CT molecular complexity index is 1870. The minimum absolute atomic E-state index is 0.134. The largest absolute Gasteiger partial charge is 0.435 e. The molecule has 0 unspecified atom stereocenters. The maximum Gasteiger partial charge on any atom is 0.435 e. The number of amides is 1. The minimum Gasteiger partial charge on any atom is -0.334 e. The van der Waals surface area contributed by atoms with Gasteiger partial charge in [-0.1, -0.05) is 18.2 Å². The molecule has 1 saturated heterocycles. The SMILES string of the molecule is O=C(c1ccc2cncn2c1)N1CC[C@]2(S(=O)(=O)c3ccc(F)cc3)c3ccc(C(F)(C(F)(F)F)C(F)(F)F)cc3CC[C@H]12. The van der Waals surface area contributed by atoms with Crippen LogP contribution in [0.5, 0.6) is 0 Å². The van der Waals surface area contributed by atoms with Gasteiger partial charge in [-0.25, -0.2) is 22.2 Å². The van der Waals surface area contributed by atoms with Crippen molar-refractivity contribution in [1.29, 1.82) is 0 Å². The highest BCUT2D eigenvalue weighted by molar-refractivity contribution is 7.92. The van der Waals surface area contributed by atoms with Gasteiger partial charge >= 0.3 is 18.0 Å². The van der Waals surface area contributed by atoms with E-state index >= 15 is 0 Å². The van der Waals surface area contributed by atoms with Crippen molar-refractivity contribution in [2.45, 2.75) is 53.0 Å². The van der Waals surface area contributed by atoms with E-state index < -0.39 is 55.9 Å². The Balaban J connectivity index is 1.52. The molecule has 0 bridgehead atoms. The summed E-state index contributed by atoms with van der Waals surface area (Å²) in [4.78, 5) is 18.7. The summed E-state index contributed by atoms with van der Waals surface area (Å²) >= 11 is 0. The first kappa shape index (κ1) is 30.0. The van der Waals surface area contributed by atoms with Gasteiger partial charge in [-0.2, -0.15) is 26.3 Å². The molecule has 2 aromatic carbocycles. The third-order valence-electron chi connectivity index (χ3n) is 8.59. The van der Waals surface area contributed by atoms with Gasteiger partial charge in [0.2, 0.25) is 0 Å². The van der Waals surface area contributed by atoms with Gasteiger partial charge < -0.3 is 9.30 Å². The lowest BCUT2D eigenvalue weighted by Gasteiger charge is -2.43. The molecule has 1 amide bonds. The number of nitrogens with zero attached hydrogens (tertiary/aromatic N) is 3. The van der Waals surface area contributed by atoms with Crippen molar-refractivity contribution in [2.75, 3.05) is 6.54 Å². The van der Waals surface area contributed by atoms with Gasteiger partial charge in [0, 0.05) is 18.3 Å². The molecular formula is C29H21F8N3O3S. The number of aryl methyl sites for hydroxylation is 1. The highest BCUT2D eigenvalue weighted by atomic mass is 32.2. The molecule has 6 rings (SSSR count). The fourth-order valence-corrected chi connectivity index (χ4v) is 8.88. The Morgan fingerprint density at radius 3 is 2.27 bits per heavy atom. The number of hydrogen-bond acceptors (Lipinski definition) is 4. The number of benzene rings is 2. The molecule has 1 aliphatic heterocycles. The van der Waals surface area contributed by atoms with Crippen molar-refractivity contribution in [3.05, 3.63) is 101 Å². The molecule has 1 aliphatic carbocycles. The van der Waals surface area contributed by atoms with Crippen LogP contribution >= 0.6 is 0 Å². The van der Waals surface area contributed by atoms with E-state index in [9.17, 15) is 48.3 Å². The molecule has 232 valence electrons. The summed E-state index contributed by atoms with van der Waals surface area (Å²) in [6.45, 7) is -0.134. The first-order valence-electron chi connectivity index (χ1n) is 13.2. The molecule has 44 heavy (non-hydrogen) atoms. The number of sulfone groups is 1. The van der Waals surface area contributed by atoms with Crippen LogP contribution in [0, 0.1) is 5.82 Å². The summed E-state index contributed by atoms with van der Waals surface area (Å²) in [5.74, 6) is -1.30. The minimum atomic E-state index is -6.36. The van der Waals surface area contributed by atoms with E-state index in [-0.39, 0.29) is 47.4 Å². The summed E-state index contributed by atoms with van der Waals surface area (Å²) in [5, 5.41) is 0. The summed E-state index contributed by atoms with van der Waals surface area (Å²) in [7, 11) is -4.58. The summed E-state index contributed by atoms with van der Waals surface area (Å²) < 4.78 is 138. The first-order valence-corrected chi connectivity index (χ1v) is 14.7. The number of carbonyl (C=O) groups excluding carboxylic acids is 1. The van der Waals surface area contributed by atoms with Crippen LogP contribution in [0.3, 0.4) is 0 Å². The lowest BCUT2D eigenvalue weighted by Crippen LogP contribution is -2.53. The van der Waals surface area contributed by atoms with Gasteiger partial charge in [0.15, 0.2) is 9.84 Å². The molecule has 2 aliphatic rings. The van der Waals surface area contributed by atoms with Crippen LogP contribution in [0.4, 0.5) is 35.1 Å². The molecule has 3 heterocycles. The monoisotopic (exact) mass is 643 g/mol. The van der Waals surface area contributed by atoms with Crippen molar-refractivity contribution < 1.29 is 48.3 Å². The van der Waals surface area contributed by atoms with Crippen molar-refractivity contribution in [2.24, 2.45) is 0 Å². The zero-order chi connectivity index (χ0) is 31.9. The quantitative estimate of drug-likeness (QED) is 0.194. The Kier molecular flexibility index (Phi) is 6.65. The smallest absolute Gasteiger partial charge is 0.334 e. The number of halogens is 8. The number of imidazole rings is 1.